The molecule has 0 saturated carbocycles. The first-order valence-corrected chi connectivity index (χ1v) is 5.05. The molecular formula is C12H17N. The smallest absolute Gasteiger partial charge is 0.0375 e. The lowest BCUT2D eigenvalue weighted by atomic mass is 9.73. The third-order valence-electron chi connectivity index (χ3n) is 3.10. The van der Waals surface area contributed by atoms with E-state index in [2.05, 4.69) is 38.0 Å². The van der Waals surface area contributed by atoms with Crippen molar-refractivity contribution in [2.24, 2.45) is 0 Å². The number of rotatable bonds is 0. The Morgan fingerprint density at radius 1 is 1.38 bits per heavy atom. The SMILES string of the molecule is Cc1cc2c(cn1)C(C)(C)CCC2. The van der Waals surface area contributed by atoms with E-state index in [0.29, 0.717) is 5.41 Å². The van der Waals surface area contributed by atoms with Crippen molar-refractivity contribution in [1.82, 2.24) is 4.98 Å². The first-order valence-electron chi connectivity index (χ1n) is 5.05. The summed E-state index contributed by atoms with van der Waals surface area (Å²) in [6, 6.07) is 2.25. The summed E-state index contributed by atoms with van der Waals surface area (Å²) in [4.78, 5) is 4.39. The van der Waals surface area contributed by atoms with Crippen LogP contribution >= 0.6 is 0 Å². The van der Waals surface area contributed by atoms with Crippen LogP contribution in [-0.4, -0.2) is 4.98 Å². The van der Waals surface area contributed by atoms with E-state index >= 15 is 0 Å². The van der Waals surface area contributed by atoms with Crippen LogP contribution in [0.3, 0.4) is 0 Å². The maximum atomic E-state index is 4.39. The van der Waals surface area contributed by atoms with Gasteiger partial charge in [0.2, 0.25) is 0 Å². The predicted molar refractivity (Wildman–Crippen MR) is 54.9 cm³/mol. The molecule has 0 saturated heterocycles. The standard InChI is InChI=1S/C12H17N/c1-9-7-10-5-4-6-12(2,3)11(10)8-13-9/h7-8H,4-6H2,1-3H3. The second kappa shape index (κ2) is 2.83. The van der Waals surface area contributed by atoms with E-state index in [1.165, 1.54) is 30.4 Å². The van der Waals surface area contributed by atoms with Gasteiger partial charge in [-0.2, -0.15) is 0 Å². The van der Waals surface area contributed by atoms with Gasteiger partial charge >= 0.3 is 0 Å². The van der Waals surface area contributed by atoms with Gasteiger partial charge in [0, 0.05) is 11.9 Å². The maximum Gasteiger partial charge on any atom is 0.0375 e. The second-order valence-corrected chi connectivity index (χ2v) is 4.72. The Balaban J connectivity index is 2.53. The summed E-state index contributed by atoms with van der Waals surface area (Å²) < 4.78 is 0. The lowest BCUT2D eigenvalue weighted by Gasteiger charge is -2.32. The molecular weight excluding hydrogens is 158 g/mol. The van der Waals surface area contributed by atoms with Gasteiger partial charge in [0.25, 0.3) is 0 Å². The maximum absolute atomic E-state index is 4.39. The topological polar surface area (TPSA) is 12.9 Å². The van der Waals surface area contributed by atoms with Crippen molar-refractivity contribution in [2.45, 2.75) is 45.4 Å². The third kappa shape index (κ3) is 1.48. The summed E-state index contributed by atoms with van der Waals surface area (Å²) in [6.45, 7) is 6.71. The van der Waals surface area contributed by atoms with Gasteiger partial charge in [-0.3, -0.25) is 4.98 Å². The van der Waals surface area contributed by atoms with Gasteiger partial charge in [-0.1, -0.05) is 13.8 Å². The quantitative estimate of drug-likeness (QED) is 0.590. The zero-order valence-electron chi connectivity index (χ0n) is 8.72. The highest BCUT2D eigenvalue weighted by molar-refractivity contribution is 5.34. The molecule has 1 heterocycles. The molecule has 0 aromatic carbocycles. The molecule has 0 aliphatic heterocycles. The number of aryl methyl sites for hydroxylation is 2. The van der Waals surface area contributed by atoms with Crippen molar-refractivity contribution in [1.29, 1.82) is 0 Å². The van der Waals surface area contributed by atoms with Crippen molar-refractivity contribution < 1.29 is 0 Å². The summed E-state index contributed by atoms with van der Waals surface area (Å²) in [6.07, 6.45) is 5.93. The number of fused-ring (bicyclic) bond motifs is 1. The number of nitrogens with zero attached hydrogens (tertiary/aromatic N) is 1. The van der Waals surface area contributed by atoms with Crippen LogP contribution in [0.2, 0.25) is 0 Å². The van der Waals surface area contributed by atoms with E-state index in [4.69, 9.17) is 0 Å². The number of pyridine rings is 1. The molecule has 2 rings (SSSR count). The molecule has 1 aromatic rings. The molecule has 1 aliphatic carbocycles. The van der Waals surface area contributed by atoms with Gasteiger partial charge in [-0.15, -0.1) is 0 Å². The average molecular weight is 175 g/mol. The Morgan fingerprint density at radius 3 is 2.92 bits per heavy atom. The fourth-order valence-corrected chi connectivity index (χ4v) is 2.29. The summed E-state index contributed by atoms with van der Waals surface area (Å²) in [5, 5.41) is 0. The van der Waals surface area contributed by atoms with Crippen LogP contribution in [0.25, 0.3) is 0 Å². The Kier molecular flexibility index (Phi) is 1.90. The predicted octanol–water partition coefficient (Wildman–Crippen LogP) is 3.00. The minimum atomic E-state index is 0.342. The van der Waals surface area contributed by atoms with Crippen molar-refractivity contribution in [3.05, 3.63) is 29.1 Å². The number of hydrogen-bond donors (Lipinski definition) is 0. The lowest BCUT2D eigenvalue weighted by Crippen LogP contribution is -2.24. The largest absolute Gasteiger partial charge is 0.261 e. The zero-order chi connectivity index (χ0) is 9.47. The van der Waals surface area contributed by atoms with Crippen LogP contribution < -0.4 is 0 Å². The van der Waals surface area contributed by atoms with Crippen LogP contribution in [0.5, 0.6) is 0 Å². The van der Waals surface area contributed by atoms with E-state index in [-0.39, 0.29) is 0 Å². The van der Waals surface area contributed by atoms with Crippen molar-refractivity contribution in [3.8, 4) is 0 Å². The molecule has 1 nitrogen and oxygen atoms in total. The molecule has 0 atom stereocenters. The van der Waals surface area contributed by atoms with Crippen LogP contribution in [-0.2, 0) is 11.8 Å². The van der Waals surface area contributed by atoms with Gasteiger partial charge in [0.05, 0.1) is 0 Å². The fourth-order valence-electron chi connectivity index (χ4n) is 2.29. The van der Waals surface area contributed by atoms with Gasteiger partial charge in [-0.25, -0.2) is 0 Å². The summed E-state index contributed by atoms with van der Waals surface area (Å²) >= 11 is 0. The minimum absolute atomic E-state index is 0.342. The molecule has 70 valence electrons. The molecule has 0 amide bonds. The van der Waals surface area contributed by atoms with E-state index in [0.717, 1.165) is 5.69 Å². The molecule has 1 heteroatoms. The first-order chi connectivity index (χ1) is 6.09. The van der Waals surface area contributed by atoms with Crippen LogP contribution in [0.4, 0.5) is 0 Å². The Hall–Kier alpha value is -0.850. The summed E-state index contributed by atoms with van der Waals surface area (Å²) in [5.41, 5.74) is 4.47. The zero-order valence-corrected chi connectivity index (χ0v) is 8.72. The Labute approximate surface area is 80.2 Å². The van der Waals surface area contributed by atoms with Gasteiger partial charge < -0.3 is 0 Å². The molecule has 0 unspecified atom stereocenters. The molecule has 0 spiro atoms. The van der Waals surface area contributed by atoms with E-state index in [1.807, 2.05) is 0 Å². The normalized spacial score (nSPS) is 19.6. The summed E-state index contributed by atoms with van der Waals surface area (Å²) in [7, 11) is 0. The molecule has 1 aliphatic rings. The van der Waals surface area contributed by atoms with Crippen LogP contribution in [0.15, 0.2) is 12.3 Å². The molecule has 0 fully saturated rings. The highest BCUT2D eigenvalue weighted by atomic mass is 14.7. The van der Waals surface area contributed by atoms with Crippen molar-refractivity contribution in [2.75, 3.05) is 0 Å². The first kappa shape index (κ1) is 8.74. The van der Waals surface area contributed by atoms with Crippen molar-refractivity contribution in [3.63, 3.8) is 0 Å². The molecule has 1 aromatic heterocycles. The minimum Gasteiger partial charge on any atom is -0.261 e. The van der Waals surface area contributed by atoms with Crippen molar-refractivity contribution >= 4 is 0 Å². The Morgan fingerprint density at radius 2 is 2.15 bits per heavy atom. The van der Waals surface area contributed by atoms with Crippen LogP contribution in [0, 0.1) is 6.92 Å². The third-order valence-corrected chi connectivity index (χ3v) is 3.10. The molecule has 0 radical (unpaired) electrons. The Bertz CT molecular complexity index is 326. The molecule has 0 bridgehead atoms. The fraction of sp³-hybridized carbons (Fsp3) is 0.583. The van der Waals surface area contributed by atoms with Gasteiger partial charge in [0.1, 0.15) is 0 Å². The monoisotopic (exact) mass is 175 g/mol. The molecule has 0 N–H and O–H groups in total. The van der Waals surface area contributed by atoms with Crippen LogP contribution in [0.1, 0.15) is 43.5 Å². The second-order valence-electron chi connectivity index (χ2n) is 4.72. The van der Waals surface area contributed by atoms with E-state index in [1.54, 1.807) is 0 Å². The highest BCUT2D eigenvalue weighted by Crippen LogP contribution is 2.36. The van der Waals surface area contributed by atoms with E-state index in [9.17, 15) is 0 Å². The highest BCUT2D eigenvalue weighted by Gasteiger charge is 2.27. The summed E-state index contributed by atoms with van der Waals surface area (Å²) in [5.74, 6) is 0. The van der Waals surface area contributed by atoms with E-state index < -0.39 is 0 Å². The number of aromatic nitrogens is 1. The molecule has 13 heavy (non-hydrogen) atoms. The number of hydrogen-bond acceptors (Lipinski definition) is 1. The van der Waals surface area contributed by atoms with Gasteiger partial charge in [0.15, 0.2) is 0 Å². The lowest BCUT2D eigenvalue weighted by molar-refractivity contribution is 0.430. The average Bonchev–Trinajstić information content (AvgIpc) is 2.02. The van der Waals surface area contributed by atoms with Gasteiger partial charge in [-0.05, 0) is 48.8 Å².